The lowest BCUT2D eigenvalue weighted by Crippen LogP contribution is -1.99. The number of H-pyrrole nitrogens is 1. The summed E-state index contributed by atoms with van der Waals surface area (Å²) >= 11 is 0. The molecule has 2 nitrogen and oxygen atoms in total. The Morgan fingerprint density at radius 3 is 2.67 bits per heavy atom. The Bertz CT molecular complexity index is 640. The SMILES string of the molecule is [CH2]C[C@H](c1ccccc1)c1ccc2cn[nH]c2c1. The lowest BCUT2D eigenvalue weighted by molar-refractivity contribution is 0.828. The molecule has 2 aromatic carbocycles. The van der Waals surface area contributed by atoms with E-state index in [1.54, 1.807) is 0 Å². The molecule has 0 fully saturated rings. The van der Waals surface area contributed by atoms with Crippen molar-refractivity contribution in [3.8, 4) is 0 Å². The van der Waals surface area contributed by atoms with E-state index >= 15 is 0 Å². The van der Waals surface area contributed by atoms with E-state index in [4.69, 9.17) is 0 Å². The van der Waals surface area contributed by atoms with E-state index in [1.807, 2.05) is 12.3 Å². The van der Waals surface area contributed by atoms with E-state index in [9.17, 15) is 0 Å². The summed E-state index contributed by atoms with van der Waals surface area (Å²) in [5.41, 5.74) is 3.68. The van der Waals surface area contributed by atoms with E-state index in [-0.39, 0.29) is 0 Å². The Hall–Kier alpha value is -2.09. The molecular weight excluding hydrogens is 220 g/mol. The molecule has 1 atom stereocenters. The summed E-state index contributed by atoms with van der Waals surface area (Å²) in [6.07, 6.45) is 2.70. The van der Waals surface area contributed by atoms with Gasteiger partial charge in [0.15, 0.2) is 0 Å². The van der Waals surface area contributed by atoms with E-state index in [0.29, 0.717) is 5.92 Å². The van der Waals surface area contributed by atoms with Gasteiger partial charge in [-0.2, -0.15) is 5.10 Å². The summed E-state index contributed by atoms with van der Waals surface area (Å²) in [6.45, 7) is 4.08. The van der Waals surface area contributed by atoms with Crippen LogP contribution >= 0.6 is 0 Å². The summed E-state index contributed by atoms with van der Waals surface area (Å²) < 4.78 is 0. The van der Waals surface area contributed by atoms with Crippen LogP contribution in [-0.4, -0.2) is 10.2 Å². The van der Waals surface area contributed by atoms with Crippen LogP contribution in [0.1, 0.15) is 23.5 Å². The maximum Gasteiger partial charge on any atom is 0.0653 e. The van der Waals surface area contributed by atoms with Crippen LogP contribution < -0.4 is 0 Å². The van der Waals surface area contributed by atoms with Gasteiger partial charge in [0.2, 0.25) is 0 Å². The van der Waals surface area contributed by atoms with Crippen LogP contribution in [0.3, 0.4) is 0 Å². The van der Waals surface area contributed by atoms with Crippen LogP contribution in [0.15, 0.2) is 54.7 Å². The number of nitrogens with zero attached hydrogens (tertiary/aromatic N) is 1. The number of benzene rings is 2. The first-order chi connectivity index (χ1) is 8.88. The van der Waals surface area contributed by atoms with Gasteiger partial charge in [-0.3, -0.25) is 5.10 Å². The molecule has 1 N–H and O–H groups in total. The standard InChI is InChI=1S/C16H15N2/c1-2-15(12-6-4-3-5-7-12)13-8-9-14-11-17-18-16(14)10-13/h3-11,15H,1-2H2,(H,17,18)/t15-/m1/s1. The van der Waals surface area contributed by atoms with Gasteiger partial charge in [-0.1, -0.05) is 49.4 Å². The Kier molecular flexibility index (Phi) is 2.85. The van der Waals surface area contributed by atoms with Crippen molar-refractivity contribution in [1.82, 2.24) is 10.2 Å². The van der Waals surface area contributed by atoms with Crippen molar-refractivity contribution >= 4 is 10.9 Å². The minimum absolute atomic E-state index is 0.346. The molecule has 0 saturated carbocycles. The van der Waals surface area contributed by atoms with Crippen molar-refractivity contribution in [2.75, 3.05) is 0 Å². The van der Waals surface area contributed by atoms with Crippen molar-refractivity contribution < 1.29 is 0 Å². The Labute approximate surface area is 107 Å². The van der Waals surface area contributed by atoms with Gasteiger partial charge in [-0.05, 0) is 23.6 Å². The Morgan fingerprint density at radius 1 is 1.06 bits per heavy atom. The van der Waals surface area contributed by atoms with Crippen LogP contribution in [0.5, 0.6) is 0 Å². The summed E-state index contributed by atoms with van der Waals surface area (Å²) in [7, 11) is 0. The summed E-state index contributed by atoms with van der Waals surface area (Å²) in [4.78, 5) is 0. The number of aromatic amines is 1. The molecule has 89 valence electrons. The quantitative estimate of drug-likeness (QED) is 0.732. The number of hydrogen-bond acceptors (Lipinski definition) is 1. The Morgan fingerprint density at radius 2 is 1.89 bits per heavy atom. The lowest BCUT2D eigenvalue weighted by atomic mass is 9.89. The van der Waals surface area contributed by atoms with Gasteiger partial charge in [-0.15, -0.1) is 0 Å². The summed E-state index contributed by atoms with van der Waals surface area (Å²) in [6, 6.07) is 17.0. The first kappa shape index (κ1) is 11.0. The van der Waals surface area contributed by atoms with Crippen molar-refractivity contribution in [3.63, 3.8) is 0 Å². The van der Waals surface area contributed by atoms with Crippen LogP contribution in [0, 0.1) is 6.92 Å². The van der Waals surface area contributed by atoms with Gasteiger partial charge >= 0.3 is 0 Å². The first-order valence-corrected chi connectivity index (χ1v) is 6.15. The van der Waals surface area contributed by atoms with E-state index in [1.165, 1.54) is 11.1 Å². The van der Waals surface area contributed by atoms with Crippen LogP contribution in [0.4, 0.5) is 0 Å². The largest absolute Gasteiger partial charge is 0.278 e. The average molecular weight is 235 g/mol. The van der Waals surface area contributed by atoms with Crippen molar-refractivity contribution in [1.29, 1.82) is 0 Å². The molecule has 1 aromatic heterocycles. The molecule has 3 aromatic rings. The maximum atomic E-state index is 4.08. The zero-order valence-electron chi connectivity index (χ0n) is 10.1. The summed E-state index contributed by atoms with van der Waals surface area (Å²) in [5, 5.41) is 8.23. The smallest absolute Gasteiger partial charge is 0.0653 e. The fraction of sp³-hybridized carbons (Fsp3) is 0.125. The maximum absolute atomic E-state index is 4.08. The minimum Gasteiger partial charge on any atom is -0.278 e. The number of hydrogen-bond donors (Lipinski definition) is 1. The molecule has 0 aliphatic rings. The highest BCUT2D eigenvalue weighted by molar-refractivity contribution is 5.78. The molecule has 1 radical (unpaired) electrons. The number of nitrogens with one attached hydrogen (secondary N) is 1. The average Bonchev–Trinajstić information content (AvgIpc) is 2.88. The third kappa shape index (κ3) is 1.90. The molecule has 0 amide bonds. The molecule has 0 aliphatic carbocycles. The van der Waals surface area contributed by atoms with Crippen molar-refractivity contribution in [3.05, 3.63) is 72.8 Å². The molecule has 0 spiro atoms. The van der Waals surface area contributed by atoms with Gasteiger partial charge in [0.1, 0.15) is 0 Å². The fourth-order valence-electron chi connectivity index (χ4n) is 2.38. The zero-order valence-corrected chi connectivity index (χ0v) is 10.1. The van der Waals surface area contributed by atoms with Gasteiger partial charge in [-0.25, -0.2) is 0 Å². The highest BCUT2D eigenvalue weighted by Crippen LogP contribution is 2.29. The predicted molar refractivity (Wildman–Crippen MR) is 74.4 cm³/mol. The van der Waals surface area contributed by atoms with Gasteiger partial charge in [0, 0.05) is 11.3 Å². The lowest BCUT2D eigenvalue weighted by Gasteiger charge is -2.15. The van der Waals surface area contributed by atoms with E-state index < -0.39 is 0 Å². The van der Waals surface area contributed by atoms with Crippen LogP contribution in [0.25, 0.3) is 10.9 Å². The van der Waals surface area contributed by atoms with Gasteiger partial charge in [0.25, 0.3) is 0 Å². The molecule has 0 aliphatic heterocycles. The van der Waals surface area contributed by atoms with Gasteiger partial charge in [0.05, 0.1) is 11.7 Å². The Balaban J connectivity index is 2.05. The molecular formula is C16H15N2. The molecule has 1 heterocycles. The number of rotatable bonds is 3. The van der Waals surface area contributed by atoms with Gasteiger partial charge < -0.3 is 0 Å². The topological polar surface area (TPSA) is 28.7 Å². The fourth-order valence-corrected chi connectivity index (χ4v) is 2.38. The normalized spacial score (nSPS) is 12.7. The predicted octanol–water partition coefficient (Wildman–Crippen LogP) is 3.92. The van der Waals surface area contributed by atoms with Crippen molar-refractivity contribution in [2.24, 2.45) is 0 Å². The van der Waals surface area contributed by atoms with Crippen LogP contribution in [-0.2, 0) is 0 Å². The van der Waals surface area contributed by atoms with E-state index in [2.05, 4.69) is 59.6 Å². The number of aromatic nitrogens is 2. The third-order valence-corrected chi connectivity index (χ3v) is 3.36. The second kappa shape index (κ2) is 4.65. The number of fused-ring (bicyclic) bond motifs is 1. The van der Waals surface area contributed by atoms with E-state index in [0.717, 1.165) is 17.3 Å². The zero-order chi connectivity index (χ0) is 12.4. The molecule has 18 heavy (non-hydrogen) atoms. The highest BCUT2D eigenvalue weighted by Gasteiger charge is 2.12. The minimum atomic E-state index is 0.346. The molecule has 3 rings (SSSR count). The third-order valence-electron chi connectivity index (χ3n) is 3.36. The van der Waals surface area contributed by atoms with Crippen LogP contribution in [0.2, 0.25) is 0 Å². The second-order valence-electron chi connectivity index (χ2n) is 4.47. The molecule has 0 bridgehead atoms. The first-order valence-electron chi connectivity index (χ1n) is 6.15. The summed E-state index contributed by atoms with van der Waals surface area (Å²) in [5.74, 6) is 0.346. The highest BCUT2D eigenvalue weighted by atomic mass is 15.1. The second-order valence-corrected chi connectivity index (χ2v) is 4.47. The van der Waals surface area contributed by atoms with Crippen molar-refractivity contribution in [2.45, 2.75) is 12.3 Å². The molecule has 2 heteroatoms. The monoisotopic (exact) mass is 235 g/mol. The molecule has 0 saturated heterocycles. The molecule has 0 unspecified atom stereocenters.